The van der Waals surface area contributed by atoms with Gasteiger partial charge in [-0.25, -0.2) is 0 Å². The lowest BCUT2D eigenvalue weighted by Gasteiger charge is -2.37. The van der Waals surface area contributed by atoms with Crippen molar-refractivity contribution in [1.82, 2.24) is 0 Å². The minimum atomic E-state index is -0.175. The first-order valence-electron chi connectivity index (χ1n) is 8.51. The molecule has 0 aliphatic carbocycles. The van der Waals surface area contributed by atoms with Gasteiger partial charge in [-0.05, 0) is 36.3 Å². The van der Waals surface area contributed by atoms with Crippen LogP contribution >= 0.6 is 0 Å². The second-order valence-corrected chi connectivity index (χ2v) is 7.57. The molecule has 1 aromatic rings. The Morgan fingerprint density at radius 3 is 2.26 bits per heavy atom. The number of rotatable bonds is 7. The second kappa shape index (κ2) is 8.37. The molecule has 130 valence electrons. The third-order valence-corrected chi connectivity index (χ3v) is 4.12. The number of carbonyl (C=O) groups excluding carboxylic acids is 1. The fraction of sp³-hybridized carbons (Fsp3) is 0.650. The van der Waals surface area contributed by atoms with Gasteiger partial charge in [0.25, 0.3) is 0 Å². The Labute approximate surface area is 141 Å². The molecule has 0 heterocycles. The molecule has 3 heteroatoms. The van der Waals surface area contributed by atoms with Gasteiger partial charge in [-0.2, -0.15) is 0 Å². The molecule has 0 bridgehead atoms. The maximum absolute atomic E-state index is 12.7. The summed E-state index contributed by atoms with van der Waals surface area (Å²) in [5.74, 6) is 1.02. The molecular weight excluding hydrogens is 288 g/mol. The van der Waals surface area contributed by atoms with E-state index in [-0.39, 0.29) is 23.2 Å². The van der Waals surface area contributed by atoms with Crippen molar-refractivity contribution in [3.05, 3.63) is 29.8 Å². The van der Waals surface area contributed by atoms with E-state index in [9.17, 15) is 4.79 Å². The van der Waals surface area contributed by atoms with Gasteiger partial charge in [0.2, 0.25) is 0 Å². The summed E-state index contributed by atoms with van der Waals surface area (Å²) in [5.41, 5.74) is 1.00. The molecule has 0 radical (unpaired) electrons. The molecular formula is C20H32O3. The maximum atomic E-state index is 12.7. The van der Waals surface area contributed by atoms with Gasteiger partial charge in [-0.3, -0.25) is 4.79 Å². The smallest absolute Gasteiger partial charge is 0.309 e. The van der Waals surface area contributed by atoms with Gasteiger partial charge in [0.05, 0.1) is 19.6 Å². The quantitative estimate of drug-likeness (QED) is 0.659. The van der Waals surface area contributed by atoms with Crippen molar-refractivity contribution < 1.29 is 14.3 Å². The van der Waals surface area contributed by atoms with Crippen molar-refractivity contribution >= 4 is 5.97 Å². The largest absolute Gasteiger partial charge is 0.496 e. The summed E-state index contributed by atoms with van der Waals surface area (Å²) in [6.45, 7) is 13.1. The number of carbonyl (C=O) groups is 1. The van der Waals surface area contributed by atoms with Crippen LogP contribution in [0.1, 0.15) is 59.4 Å². The van der Waals surface area contributed by atoms with Gasteiger partial charge >= 0.3 is 5.97 Å². The van der Waals surface area contributed by atoms with Crippen LogP contribution in [0.5, 0.6) is 5.75 Å². The van der Waals surface area contributed by atoms with E-state index in [4.69, 9.17) is 9.47 Å². The third-order valence-electron chi connectivity index (χ3n) is 4.12. The molecule has 0 aliphatic rings. The number of benzene rings is 1. The molecule has 0 spiro atoms. The maximum Gasteiger partial charge on any atom is 0.309 e. The van der Waals surface area contributed by atoms with Crippen molar-refractivity contribution in [2.75, 3.05) is 13.7 Å². The van der Waals surface area contributed by atoms with Crippen LogP contribution in [0, 0.1) is 17.3 Å². The van der Waals surface area contributed by atoms with E-state index in [1.165, 1.54) is 0 Å². The van der Waals surface area contributed by atoms with Gasteiger partial charge in [0.1, 0.15) is 5.75 Å². The highest BCUT2D eigenvalue weighted by Crippen LogP contribution is 2.46. The van der Waals surface area contributed by atoms with Crippen molar-refractivity contribution in [3.63, 3.8) is 0 Å². The van der Waals surface area contributed by atoms with Crippen LogP contribution < -0.4 is 4.74 Å². The average Bonchev–Trinajstić information content (AvgIpc) is 2.45. The van der Waals surface area contributed by atoms with E-state index in [0.29, 0.717) is 12.5 Å². The van der Waals surface area contributed by atoms with E-state index >= 15 is 0 Å². The first-order valence-corrected chi connectivity index (χ1v) is 8.51. The van der Waals surface area contributed by atoms with Crippen LogP contribution in [-0.2, 0) is 9.53 Å². The number of methoxy groups -OCH3 is 1. The molecule has 1 aromatic carbocycles. The second-order valence-electron chi connectivity index (χ2n) is 7.57. The zero-order valence-electron chi connectivity index (χ0n) is 15.7. The Balaban J connectivity index is 3.38. The molecule has 0 fully saturated rings. The average molecular weight is 320 g/mol. The molecule has 23 heavy (non-hydrogen) atoms. The lowest BCUT2D eigenvalue weighted by molar-refractivity contribution is -0.150. The SMILES string of the molecule is CCOC(=O)C(CC(C)C)C(c1ccccc1OC)C(C)(C)C. The van der Waals surface area contributed by atoms with E-state index in [1.807, 2.05) is 25.1 Å². The highest BCUT2D eigenvalue weighted by atomic mass is 16.5. The fourth-order valence-corrected chi connectivity index (χ4v) is 3.34. The third kappa shape index (κ3) is 5.26. The van der Waals surface area contributed by atoms with Crippen molar-refractivity contribution in [2.24, 2.45) is 17.3 Å². The minimum absolute atomic E-state index is 0.0418. The van der Waals surface area contributed by atoms with Crippen LogP contribution in [0.2, 0.25) is 0 Å². The summed E-state index contributed by atoms with van der Waals surface area (Å²) in [7, 11) is 1.68. The summed E-state index contributed by atoms with van der Waals surface area (Å²) < 4.78 is 11.0. The van der Waals surface area contributed by atoms with Gasteiger partial charge in [0.15, 0.2) is 0 Å². The van der Waals surface area contributed by atoms with Gasteiger partial charge in [0, 0.05) is 5.92 Å². The zero-order chi connectivity index (χ0) is 17.6. The summed E-state index contributed by atoms with van der Waals surface area (Å²) >= 11 is 0. The monoisotopic (exact) mass is 320 g/mol. The molecule has 0 amide bonds. The fourth-order valence-electron chi connectivity index (χ4n) is 3.34. The summed E-state index contributed by atoms with van der Waals surface area (Å²) in [6.07, 6.45) is 0.804. The number of para-hydroxylation sites is 1. The van der Waals surface area contributed by atoms with Crippen LogP contribution in [-0.4, -0.2) is 19.7 Å². The van der Waals surface area contributed by atoms with Crippen molar-refractivity contribution in [3.8, 4) is 5.75 Å². The van der Waals surface area contributed by atoms with Crippen LogP contribution in [0.3, 0.4) is 0 Å². The summed E-state index contributed by atoms with van der Waals surface area (Å²) in [4.78, 5) is 12.7. The number of ether oxygens (including phenoxy) is 2. The van der Waals surface area contributed by atoms with Crippen LogP contribution in [0.25, 0.3) is 0 Å². The van der Waals surface area contributed by atoms with Crippen LogP contribution in [0.4, 0.5) is 0 Å². The Morgan fingerprint density at radius 1 is 1.17 bits per heavy atom. The predicted molar refractivity (Wildman–Crippen MR) is 94.8 cm³/mol. The molecule has 0 saturated heterocycles. The van der Waals surface area contributed by atoms with E-state index < -0.39 is 0 Å². The topological polar surface area (TPSA) is 35.5 Å². The normalized spacial score (nSPS) is 14.4. The molecule has 1 rings (SSSR count). The first kappa shape index (κ1) is 19.5. The van der Waals surface area contributed by atoms with Crippen LogP contribution in [0.15, 0.2) is 24.3 Å². The highest BCUT2D eigenvalue weighted by molar-refractivity contribution is 5.74. The number of hydrogen-bond donors (Lipinski definition) is 0. The molecule has 0 N–H and O–H groups in total. The first-order chi connectivity index (χ1) is 10.7. The Bertz CT molecular complexity index is 500. The Morgan fingerprint density at radius 2 is 1.78 bits per heavy atom. The molecule has 3 nitrogen and oxygen atoms in total. The minimum Gasteiger partial charge on any atom is -0.496 e. The Hall–Kier alpha value is -1.51. The lowest BCUT2D eigenvalue weighted by Crippen LogP contribution is -2.34. The summed E-state index contributed by atoms with van der Waals surface area (Å²) in [5, 5.41) is 0. The van der Waals surface area contributed by atoms with Crippen molar-refractivity contribution in [2.45, 2.75) is 53.9 Å². The van der Waals surface area contributed by atoms with Crippen molar-refractivity contribution in [1.29, 1.82) is 0 Å². The Kier molecular flexibility index (Phi) is 7.11. The standard InChI is InChI=1S/C20H32O3/c1-8-23-19(21)16(13-14(2)3)18(20(4,5)6)15-11-9-10-12-17(15)22-7/h9-12,14,16,18H,8,13H2,1-7H3. The number of esters is 1. The molecule has 0 aliphatic heterocycles. The molecule has 2 unspecified atom stereocenters. The van der Waals surface area contributed by atoms with Gasteiger partial charge in [-0.1, -0.05) is 52.8 Å². The zero-order valence-corrected chi connectivity index (χ0v) is 15.7. The molecule has 0 saturated carbocycles. The molecule has 2 atom stereocenters. The lowest BCUT2D eigenvalue weighted by atomic mass is 9.67. The molecule has 0 aromatic heterocycles. The summed E-state index contributed by atoms with van der Waals surface area (Å²) in [6, 6.07) is 8.00. The van der Waals surface area contributed by atoms with Gasteiger partial charge in [-0.15, -0.1) is 0 Å². The van der Waals surface area contributed by atoms with E-state index in [0.717, 1.165) is 17.7 Å². The highest BCUT2D eigenvalue weighted by Gasteiger charge is 2.40. The van der Waals surface area contributed by atoms with Gasteiger partial charge < -0.3 is 9.47 Å². The predicted octanol–water partition coefficient (Wildman–Crippen LogP) is 5.05. The van der Waals surface area contributed by atoms with E-state index in [2.05, 4.69) is 40.7 Å². The van der Waals surface area contributed by atoms with E-state index in [1.54, 1.807) is 7.11 Å². The number of hydrogen-bond acceptors (Lipinski definition) is 3.